The Morgan fingerprint density at radius 3 is 2.58 bits per heavy atom. The zero-order valence-corrected chi connectivity index (χ0v) is 24.5. The Morgan fingerprint density at radius 2 is 1.91 bits per heavy atom. The number of aliphatic carboxylic acids is 1. The first-order valence-electron chi connectivity index (χ1n) is 14.8. The van der Waals surface area contributed by atoms with Crippen LogP contribution in [0.5, 0.6) is 0 Å². The zero-order valence-electron chi connectivity index (χ0n) is 24.5. The molecule has 43 heavy (non-hydrogen) atoms. The number of hydrogen-bond donors (Lipinski definition) is 3. The van der Waals surface area contributed by atoms with Gasteiger partial charge in [-0.2, -0.15) is 13.2 Å². The molecule has 5 rings (SSSR count). The maximum Gasteiger partial charge on any atom is 0.419 e. The number of anilines is 2. The van der Waals surface area contributed by atoms with E-state index in [1.807, 2.05) is 19.2 Å². The summed E-state index contributed by atoms with van der Waals surface area (Å²) in [5, 5.41) is 16.1. The second-order valence-electron chi connectivity index (χ2n) is 12.2. The van der Waals surface area contributed by atoms with Crippen molar-refractivity contribution in [3.8, 4) is 0 Å². The molecule has 0 bridgehead atoms. The van der Waals surface area contributed by atoms with Crippen LogP contribution in [0, 0.1) is 11.3 Å². The summed E-state index contributed by atoms with van der Waals surface area (Å²) in [6, 6.07) is 6.56. The fourth-order valence-corrected chi connectivity index (χ4v) is 6.82. The van der Waals surface area contributed by atoms with Crippen molar-refractivity contribution < 1.29 is 27.9 Å². The van der Waals surface area contributed by atoms with Gasteiger partial charge < -0.3 is 25.5 Å². The molecular formula is C31H39F3N6O3. The van der Waals surface area contributed by atoms with Crippen molar-refractivity contribution in [1.82, 2.24) is 25.1 Å². The molecule has 1 spiro atoms. The minimum atomic E-state index is -4.64. The molecule has 1 aliphatic carbocycles. The van der Waals surface area contributed by atoms with E-state index in [2.05, 4.69) is 32.5 Å². The van der Waals surface area contributed by atoms with Gasteiger partial charge in [0.15, 0.2) is 0 Å². The normalized spacial score (nSPS) is 25.0. The van der Waals surface area contributed by atoms with Gasteiger partial charge in [0.1, 0.15) is 0 Å². The van der Waals surface area contributed by atoms with Gasteiger partial charge in [-0.05, 0) is 94.9 Å². The van der Waals surface area contributed by atoms with Crippen LogP contribution in [0.15, 0.2) is 42.6 Å². The number of amides is 1. The number of hydrogen-bond acceptors (Lipinski definition) is 7. The Balaban J connectivity index is 1.30. The van der Waals surface area contributed by atoms with E-state index in [-0.39, 0.29) is 36.1 Å². The molecule has 0 radical (unpaired) electrons. The fourth-order valence-electron chi connectivity index (χ4n) is 6.82. The van der Waals surface area contributed by atoms with Crippen molar-refractivity contribution in [3.05, 3.63) is 59.4 Å². The van der Waals surface area contributed by atoms with E-state index in [9.17, 15) is 27.9 Å². The van der Waals surface area contributed by atoms with E-state index in [1.165, 1.54) is 0 Å². The van der Waals surface area contributed by atoms with Crippen LogP contribution in [0.25, 0.3) is 0 Å². The second-order valence-corrected chi connectivity index (χ2v) is 12.2. The molecule has 1 unspecified atom stereocenters. The van der Waals surface area contributed by atoms with Gasteiger partial charge in [-0.25, -0.2) is 9.97 Å². The number of likely N-dealkylation sites (tertiary alicyclic amines) is 1. The Bertz CT molecular complexity index is 1340. The highest BCUT2D eigenvalue weighted by molar-refractivity contribution is 5.94. The van der Waals surface area contributed by atoms with Gasteiger partial charge in [0.05, 0.1) is 17.2 Å². The summed E-state index contributed by atoms with van der Waals surface area (Å²) in [5.41, 5.74) is -0.489. The van der Waals surface area contributed by atoms with Gasteiger partial charge in [0, 0.05) is 43.0 Å². The van der Waals surface area contributed by atoms with Crippen LogP contribution < -0.4 is 10.6 Å². The zero-order chi connectivity index (χ0) is 30.8. The molecule has 3 atom stereocenters. The van der Waals surface area contributed by atoms with Gasteiger partial charge in [-0.1, -0.05) is 12.2 Å². The number of carboxylic acid groups (broad SMARTS) is 1. The third-order valence-electron chi connectivity index (χ3n) is 9.37. The van der Waals surface area contributed by atoms with Crippen LogP contribution in [0.4, 0.5) is 24.8 Å². The predicted octanol–water partition coefficient (Wildman–Crippen LogP) is 4.74. The summed E-state index contributed by atoms with van der Waals surface area (Å²) in [4.78, 5) is 37.3. The maximum atomic E-state index is 14.0. The fraction of sp³-hybridized carbons (Fsp3) is 0.548. The number of nitrogens with zero attached hydrogens (tertiary/aromatic N) is 4. The number of aromatic nitrogens is 2. The minimum Gasteiger partial charge on any atom is -0.481 e. The Labute approximate surface area is 249 Å². The summed E-state index contributed by atoms with van der Waals surface area (Å²) in [6.45, 7) is 2.41. The van der Waals surface area contributed by atoms with Crippen LogP contribution in [0.2, 0.25) is 0 Å². The Kier molecular flexibility index (Phi) is 9.07. The lowest BCUT2D eigenvalue weighted by molar-refractivity contribution is -0.148. The van der Waals surface area contributed by atoms with Gasteiger partial charge in [-0.15, -0.1) is 0 Å². The summed E-state index contributed by atoms with van der Waals surface area (Å²) in [6.07, 6.45) is 3.96. The first-order valence-corrected chi connectivity index (χ1v) is 14.8. The highest BCUT2D eigenvalue weighted by atomic mass is 19.4. The number of halogens is 3. The third-order valence-corrected chi connectivity index (χ3v) is 9.37. The number of carbonyl (C=O) groups excluding carboxylic acids is 1. The molecule has 0 saturated carbocycles. The van der Waals surface area contributed by atoms with Crippen molar-refractivity contribution in [2.75, 3.05) is 39.0 Å². The number of piperidine rings is 2. The SMILES string of the molecule is CN1CCC(N(C)C(=O)c2ccc(Nc3ncc(C(F)(F)F)c(CC4C[C@]5(CC=CC[C@@H]5C(=O)O)CCN4)n3)cc2)CC1. The molecule has 1 aromatic heterocycles. The Hall–Kier alpha value is -3.51. The molecule has 12 heteroatoms. The molecule has 2 fully saturated rings. The van der Waals surface area contributed by atoms with Crippen molar-refractivity contribution >= 4 is 23.5 Å². The molecule has 2 aliphatic heterocycles. The minimum absolute atomic E-state index is 0.0133. The molecule has 2 saturated heterocycles. The van der Waals surface area contributed by atoms with E-state index in [0.717, 1.165) is 32.1 Å². The highest BCUT2D eigenvalue weighted by Crippen LogP contribution is 2.47. The molecule has 3 heterocycles. The first kappa shape index (κ1) is 30.9. The lowest BCUT2D eigenvalue weighted by Gasteiger charge is -2.46. The van der Waals surface area contributed by atoms with Gasteiger partial charge in [0.2, 0.25) is 5.95 Å². The molecule has 1 amide bonds. The molecule has 3 N–H and O–H groups in total. The molecular weight excluding hydrogens is 561 g/mol. The van der Waals surface area contributed by atoms with Crippen molar-refractivity contribution in [2.45, 2.75) is 63.2 Å². The molecule has 3 aliphatic rings. The largest absolute Gasteiger partial charge is 0.481 e. The van der Waals surface area contributed by atoms with Crippen molar-refractivity contribution in [3.63, 3.8) is 0 Å². The van der Waals surface area contributed by atoms with Crippen LogP contribution in [0.1, 0.15) is 60.1 Å². The standard InChI is InChI=1S/C31H39F3N6O3/c1-39-15-10-23(11-16-39)40(2)27(41)20-6-8-21(9-7-20)37-29-36-19-25(31(32,33)34)26(38-29)17-22-18-30(13-14-35-22)12-4-3-5-24(30)28(42)43/h3-4,6-9,19,22-24,35H,5,10-18H2,1-2H3,(H,42,43)(H,36,37,38)/t22?,24-,30+/m1/s1. The number of carboxylic acids is 1. The van der Waals surface area contributed by atoms with E-state index < -0.39 is 29.0 Å². The number of rotatable bonds is 7. The summed E-state index contributed by atoms with van der Waals surface area (Å²) in [5.74, 6) is -1.49. The second kappa shape index (κ2) is 12.6. The van der Waals surface area contributed by atoms with E-state index in [1.54, 1.807) is 29.2 Å². The topological polar surface area (TPSA) is 111 Å². The molecule has 9 nitrogen and oxygen atoms in total. The van der Waals surface area contributed by atoms with Crippen LogP contribution in [-0.2, 0) is 17.4 Å². The van der Waals surface area contributed by atoms with E-state index in [4.69, 9.17) is 0 Å². The number of alkyl halides is 3. The predicted molar refractivity (Wildman–Crippen MR) is 156 cm³/mol. The van der Waals surface area contributed by atoms with E-state index in [0.29, 0.717) is 43.5 Å². The van der Waals surface area contributed by atoms with Crippen LogP contribution >= 0.6 is 0 Å². The van der Waals surface area contributed by atoms with Gasteiger partial charge in [0.25, 0.3) is 5.91 Å². The van der Waals surface area contributed by atoms with Crippen molar-refractivity contribution in [2.24, 2.45) is 11.3 Å². The molecule has 2 aromatic rings. The number of nitrogens with one attached hydrogen (secondary N) is 2. The lowest BCUT2D eigenvalue weighted by atomic mass is 9.62. The highest BCUT2D eigenvalue weighted by Gasteiger charge is 2.46. The summed E-state index contributed by atoms with van der Waals surface area (Å²) in [7, 11) is 3.89. The summed E-state index contributed by atoms with van der Waals surface area (Å²) >= 11 is 0. The lowest BCUT2D eigenvalue weighted by Crippen LogP contribution is -2.50. The van der Waals surface area contributed by atoms with Crippen LogP contribution in [0.3, 0.4) is 0 Å². The average Bonchev–Trinajstić information content (AvgIpc) is 2.97. The summed E-state index contributed by atoms with van der Waals surface area (Å²) < 4.78 is 41.9. The maximum absolute atomic E-state index is 14.0. The van der Waals surface area contributed by atoms with Gasteiger partial charge in [-0.3, -0.25) is 9.59 Å². The molecule has 1 aromatic carbocycles. The first-order chi connectivity index (χ1) is 20.4. The van der Waals surface area contributed by atoms with Crippen molar-refractivity contribution in [1.29, 1.82) is 0 Å². The molecule has 232 valence electrons. The monoisotopic (exact) mass is 600 g/mol. The van der Waals surface area contributed by atoms with Gasteiger partial charge >= 0.3 is 12.1 Å². The quantitative estimate of drug-likeness (QED) is 0.391. The van der Waals surface area contributed by atoms with E-state index >= 15 is 0 Å². The Morgan fingerprint density at radius 1 is 1.19 bits per heavy atom. The van der Waals surface area contributed by atoms with Crippen LogP contribution in [-0.4, -0.2) is 82.6 Å². The average molecular weight is 601 g/mol. The number of benzene rings is 1. The number of carbonyl (C=O) groups is 2. The third kappa shape index (κ3) is 7.01. The number of allylic oxidation sites excluding steroid dienone is 2. The smallest absolute Gasteiger partial charge is 0.419 e.